The summed E-state index contributed by atoms with van der Waals surface area (Å²) < 4.78 is 3.16. The van der Waals surface area contributed by atoms with Crippen molar-refractivity contribution in [2.24, 2.45) is 0 Å². The van der Waals surface area contributed by atoms with Crippen molar-refractivity contribution in [3.8, 4) is 5.82 Å². The molecule has 10 nitrogen and oxygen atoms in total. The van der Waals surface area contributed by atoms with Crippen LogP contribution in [0.5, 0.6) is 0 Å². The van der Waals surface area contributed by atoms with Crippen LogP contribution in [0.1, 0.15) is 19.5 Å². The summed E-state index contributed by atoms with van der Waals surface area (Å²) in [7, 11) is 2.15. The van der Waals surface area contributed by atoms with Gasteiger partial charge in [0.1, 0.15) is 11.0 Å². The van der Waals surface area contributed by atoms with Crippen molar-refractivity contribution in [2.75, 3.05) is 43.4 Å². The highest BCUT2D eigenvalue weighted by Crippen LogP contribution is 2.23. The van der Waals surface area contributed by atoms with E-state index in [-0.39, 0.29) is 24.5 Å². The van der Waals surface area contributed by atoms with Gasteiger partial charge >= 0.3 is 0 Å². The topological polar surface area (TPSA) is 104 Å². The summed E-state index contributed by atoms with van der Waals surface area (Å²) in [6.07, 6.45) is 3.17. The lowest BCUT2D eigenvalue weighted by molar-refractivity contribution is 0.0738. The predicted octanol–water partition coefficient (Wildman–Crippen LogP) is 3.31. The van der Waals surface area contributed by atoms with Gasteiger partial charge < -0.3 is 20.2 Å². The molecule has 4 heterocycles. The molecule has 5 rings (SSSR count). The number of hydrogen-bond acceptors (Lipinski definition) is 8. The number of hydrogen-bond donors (Lipinski definition) is 2. The van der Waals surface area contributed by atoms with Crippen LogP contribution < -0.4 is 15.8 Å². The molecule has 3 aromatic heterocycles. The highest BCUT2D eigenvalue weighted by Gasteiger charge is 2.22. The van der Waals surface area contributed by atoms with Crippen LogP contribution in [-0.2, 0) is 12.1 Å². The second-order valence-electron chi connectivity index (χ2n) is 9.82. The molecule has 2 N–H and O–H groups in total. The van der Waals surface area contributed by atoms with Gasteiger partial charge in [0.2, 0.25) is 5.95 Å². The minimum Gasteiger partial charge on any atom is -0.384 e. The quantitative estimate of drug-likeness (QED) is 0.347. The Bertz CT molecular complexity index is 1480. The molecule has 1 fully saturated rings. The monoisotopic (exact) mass is 536 g/mol. The lowest BCUT2D eigenvalue weighted by atomic mass is 10.1. The number of aliphatic hydroxyl groups is 1. The zero-order chi connectivity index (χ0) is 26.2. The number of piperazine rings is 1. The first-order valence-corrected chi connectivity index (χ1v) is 12.3. The van der Waals surface area contributed by atoms with Crippen molar-refractivity contribution in [1.82, 2.24) is 29.2 Å². The molecule has 1 saturated heterocycles. The molecule has 0 unspecified atom stereocenters. The Hall–Kier alpha value is -3.73. The van der Waals surface area contributed by atoms with Crippen molar-refractivity contribution < 1.29 is 5.11 Å². The smallest absolute Gasteiger partial charge is 0.278 e. The number of anilines is 3. The van der Waals surface area contributed by atoms with E-state index in [2.05, 4.69) is 50.8 Å². The molecule has 11 heteroatoms. The average Bonchev–Trinajstić information content (AvgIpc) is 3.15. The molecule has 0 amide bonds. The summed E-state index contributed by atoms with van der Waals surface area (Å²) in [5.41, 5.74) is 1.55. The van der Waals surface area contributed by atoms with Gasteiger partial charge in [-0.3, -0.25) is 4.79 Å². The van der Waals surface area contributed by atoms with Crippen LogP contribution in [0.25, 0.3) is 16.9 Å². The molecule has 0 radical (unpaired) electrons. The molecule has 1 aliphatic heterocycles. The van der Waals surface area contributed by atoms with Crippen LogP contribution in [0.4, 0.5) is 17.3 Å². The van der Waals surface area contributed by atoms with Crippen molar-refractivity contribution in [2.45, 2.75) is 26.0 Å². The first-order valence-electron chi connectivity index (χ1n) is 12.3. The summed E-state index contributed by atoms with van der Waals surface area (Å²) in [4.78, 5) is 31.6. The van der Waals surface area contributed by atoms with E-state index in [1.165, 1.54) is 16.6 Å². The number of halogens is 1. The van der Waals surface area contributed by atoms with E-state index < -0.39 is 5.60 Å². The molecule has 0 atom stereocenters. The normalized spacial score (nSPS) is 14.4. The summed E-state index contributed by atoms with van der Waals surface area (Å²) in [5.74, 6) is 0.831. The molecule has 0 aliphatic carbocycles. The zero-order valence-electron chi connectivity index (χ0n) is 21.8. The number of likely N-dealkylation sites (N-methyl/N-ethyl adjacent to an activating group) is 1. The number of rotatable bonds is 7. The summed E-state index contributed by atoms with van der Waals surface area (Å²) in [6, 6.07) is 13.5. The molecule has 4 aromatic rings. The minimum atomic E-state index is -1.14. The number of nitrogens with one attached hydrogen (secondary N) is 1. The van der Waals surface area contributed by atoms with E-state index in [9.17, 15) is 9.90 Å². The molecule has 38 heavy (non-hydrogen) atoms. The van der Waals surface area contributed by atoms with Crippen LogP contribution in [0, 0.1) is 0 Å². The largest absolute Gasteiger partial charge is 0.384 e. The highest BCUT2D eigenvalue weighted by molar-refractivity contribution is 5.85. The first kappa shape index (κ1) is 27.3. The van der Waals surface area contributed by atoms with Gasteiger partial charge in [0, 0.05) is 43.8 Å². The molecule has 0 saturated carbocycles. The van der Waals surface area contributed by atoms with Crippen LogP contribution >= 0.6 is 12.4 Å². The van der Waals surface area contributed by atoms with Crippen molar-refractivity contribution in [1.29, 1.82) is 0 Å². The van der Waals surface area contributed by atoms with Crippen LogP contribution in [0.15, 0.2) is 66.1 Å². The lowest BCUT2D eigenvalue weighted by Gasteiger charge is -2.34. The maximum absolute atomic E-state index is 13.2. The van der Waals surface area contributed by atoms with Crippen LogP contribution in [0.3, 0.4) is 0 Å². The first-order chi connectivity index (χ1) is 17.7. The second-order valence-corrected chi connectivity index (χ2v) is 9.82. The van der Waals surface area contributed by atoms with Crippen molar-refractivity contribution in [3.63, 3.8) is 0 Å². The van der Waals surface area contributed by atoms with Crippen molar-refractivity contribution >= 4 is 40.8 Å². The molecule has 0 bridgehead atoms. The standard InChI is InChI=1S/C27H32N8O2.ClH/c1-5-13-34-25(36)21-18-28-26(29-19-9-11-20(12-10-19)33-16-14-32(4)15-17-33)31-24(21)35(34)23-8-6-7-22(30-23)27(2,3)37;/h5-12,18,37H,1,13-17H2,2-4H3,(H,28,29,31);1H. The van der Waals surface area contributed by atoms with Gasteiger partial charge in [-0.1, -0.05) is 12.1 Å². The third-order valence-electron chi connectivity index (χ3n) is 6.55. The molecular formula is C27H33ClN8O2. The maximum Gasteiger partial charge on any atom is 0.278 e. The molecule has 1 aliphatic rings. The minimum absolute atomic E-state index is 0. The van der Waals surface area contributed by atoms with Gasteiger partial charge in [0.05, 0.1) is 12.2 Å². The molecule has 0 spiro atoms. The second kappa shape index (κ2) is 10.9. The van der Waals surface area contributed by atoms with E-state index in [0.717, 1.165) is 31.9 Å². The van der Waals surface area contributed by atoms with Gasteiger partial charge in [0.15, 0.2) is 11.5 Å². The number of pyridine rings is 1. The fraction of sp³-hybridized carbons (Fsp3) is 0.333. The van der Waals surface area contributed by atoms with E-state index in [1.807, 2.05) is 12.1 Å². The van der Waals surface area contributed by atoms with Gasteiger partial charge in [-0.05, 0) is 57.3 Å². The van der Waals surface area contributed by atoms with Gasteiger partial charge in [-0.25, -0.2) is 19.3 Å². The third kappa shape index (κ3) is 5.42. The zero-order valence-corrected chi connectivity index (χ0v) is 22.6. The van der Waals surface area contributed by atoms with E-state index in [4.69, 9.17) is 4.98 Å². The Morgan fingerprint density at radius 3 is 2.45 bits per heavy atom. The number of aromatic nitrogens is 5. The van der Waals surface area contributed by atoms with Crippen LogP contribution in [0.2, 0.25) is 0 Å². The Morgan fingerprint density at radius 2 is 1.79 bits per heavy atom. The predicted molar refractivity (Wildman–Crippen MR) is 153 cm³/mol. The van der Waals surface area contributed by atoms with Crippen LogP contribution in [-0.4, -0.2) is 67.5 Å². The number of nitrogens with zero attached hydrogens (tertiary/aromatic N) is 7. The Kier molecular flexibility index (Phi) is 7.86. The Balaban J connectivity index is 0.00000336. The lowest BCUT2D eigenvalue weighted by Crippen LogP contribution is -2.44. The maximum atomic E-state index is 13.2. The van der Waals surface area contributed by atoms with Gasteiger partial charge in [-0.15, -0.1) is 19.0 Å². The summed E-state index contributed by atoms with van der Waals surface area (Å²) >= 11 is 0. The number of allylic oxidation sites excluding steroid dienone is 1. The SMILES string of the molecule is C=CCn1c(=O)c2cnc(Nc3ccc(N4CCN(C)CC4)cc3)nc2n1-c1cccc(C(C)(C)O)n1.Cl. The molecule has 200 valence electrons. The summed E-state index contributed by atoms with van der Waals surface area (Å²) in [6.45, 7) is 11.5. The summed E-state index contributed by atoms with van der Waals surface area (Å²) in [5, 5.41) is 14.1. The van der Waals surface area contributed by atoms with Gasteiger partial charge in [-0.2, -0.15) is 4.98 Å². The average molecular weight is 537 g/mol. The fourth-order valence-corrected chi connectivity index (χ4v) is 4.44. The highest BCUT2D eigenvalue weighted by atomic mass is 35.5. The third-order valence-corrected chi connectivity index (χ3v) is 6.55. The van der Waals surface area contributed by atoms with E-state index in [0.29, 0.717) is 28.5 Å². The van der Waals surface area contributed by atoms with Crippen molar-refractivity contribution in [3.05, 3.63) is 77.4 Å². The Morgan fingerprint density at radius 1 is 1.08 bits per heavy atom. The Labute approximate surface area is 227 Å². The number of benzene rings is 1. The molecule has 1 aromatic carbocycles. The number of fused-ring (bicyclic) bond motifs is 1. The van der Waals surface area contributed by atoms with E-state index in [1.54, 1.807) is 42.8 Å². The van der Waals surface area contributed by atoms with E-state index >= 15 is 0 Å². The molecular weight excluding hydrogens is 504 g/mol. The fourth-order valence-electron chi connectivity index (χ4n) is 4.44. The van der Waals surface area contributed by atoms with Gasteiger partial charge in [0.25, 0.3) is 5.56 Å².